The number of nitrogens with one attached hydrogen (secondary N) is 2. The summed E-state index contributed by atoms with van der Waals surface area (Å²) in [5.41, 5.74) is 1.21. The van der Waals surface area contributed by atoms with Gasteiger partial charge in [-0.25, -0.2) is 9.98 Å². The third-order valence-electron chi connectivity index (χ3n) is 3.55. The Balaban J connectivity index is 1.98. The fraction of sp³-hybridized carbons (Fsp3) is 0.625. The lowest BCUT2D eigenvalue weighted by atomic mass is 10.2. The summed E-state index contributed by atoms with van der Waals surface area (Å²) in [5, 5.41) is 6.59. The maximum absolute atomic E-state index is 4.64. The van der Waals surface area contributed by atoms with Crippen molar-refractivity contribution in [3.05, 3.63) is 23.9 Å². The highest BCUT2D eigenvalue weighted by molar-refractivity contribution is 5.79. The van der Waals surface area contributed by atoms with E-state index in [1.165, 1.54) is 18.4 Å². The SMILES string of the molecule is CCCNC(=NCc1ccnc(N2CCCC2)c1)NCC. The zero-order valence-electron chi connectivity index (χ0n) is 13.2. The third kappa shape index (κ3) is 4.92. The van der Waals surface area contributed by atoms with Crippen LogP contribution in [0.5, 0.6) is 0 Å². The Morgan fingerprint density at radius 1 is 1.29 bits per heavy atom. The number of hydrogen-bond donors (Lipinski definition) is 2. The van der Waals surface area contributed by atoms with Crippen LogP contribution in [0.3, 0.4) is 0 Å². The van der Waals surface area contributed by atoms with E-state index in [1.54, 1.807) is 0 Å². The quantitative estimate of drug-likeness (QED) is 0.622. The van der Waals surface area contributed by atoms with Crippen LogP contribution in [0.15, 0.2) is 23.3 Å². The van der Waals surface area contributed by atoms with Crippen LogP contribution in [-0.4, -0.2) is 37.1 Å². The van der Waals surface area contributed by atoms with E-state index in [-0.39, 0.29) is 0 Å². The van der Waals surface area contributed by atoms with Gasteiger partial charge in [0.2, 0.25) is 0 Å². The van der Waals surface area contributed by atoms with Crippen molar-refractivity contribution >= 4 is 11.8 Å². The predicted octanol–water partition coefficient (Wildman–Crippen LogP) is 2.15. The molecule has 1 aromatic heterocycles. The average Bonchev–Trinajstić information content (AvgIpc) is 3.05. The molecule has 0 saturated carbocycles. The Hall–Kier alpha value is -1.78. The highest BCUT2D eigenvalue weighted by Gasteiger charge is 2.13. The van der Waals surface area contributed by atoms with Crippen LogP contribution < -0.4 is 15.5 Å². The largest absolute Gasteiger partial charge is 0.357 e. The highest BCUT2D eigenvalue weighted by atomic mass is 15.2. The molecule has 5 heteroatoms. The molecule has 0 bridgehead atoms. The minimum atomic E-state index is 0.683. The topological polar surface area (TPSA) is 52.6 Å². The smallest absolute Gasteiger partial charge is 0.191 e. The summed E-state index contributed by atoms with van der Waals surface area (Å²) in [6, 6.07) is 4.21. The fourth-order valence-electron chi connectivity index (χ4n) is 2.43. The third-order valence-corrected chi connectivity index (χ3v) is 3.55. The molecule has 0 aromatic carbocycles. The second-order valence-electron chi connectivity index (χ2n) is 5.34. The van der Waals surface area contributed by atoms with E-state index in [9.17, 15) is 0 Å². The first-order chi connectivity index (χ1) is 10.3. The predicted molar refractivity (Wildman–Crippen MR) is 88.8 cm³/mol. The number of aromatic nitrogens is 1. The number of pyridine rings is 1. The van der Waals surface area contributed by atoms with Crippen molar-refractivity contribution in [2.75, 3.05) is 31.1 Å². The van der Waals surface area contributed by atoms with Gasteiger partial charge in [0.25, 0.3) is 0 Å². The number of aliphatic imine (C=N–C) groups is 1. The molecule has 116 valence electrons. The second kappa shape index (κ2) is 8.49. The van der Waals surface area contributed by atoms with Gasteiger partial charge in [0.05, 0.1) is 6.54 Å². The normalized spacial score (nSPS) is 15.3. The Bertz CT molecular complexity index is 452. The molecule has 0 atom stereocenters. The monoisotopic (exact) mass is 289 g/mol. The number of guanidine groups is 1. The molecular formula is C16H27N5. The van der Waals surface area contributed by atoms with E-state index in [1.807, 2.05) is 12.3 Å². The molecule has 1 saturated heterocycles. The van der Waals surface area contributed by atoms with E-state index < -0.39 is 0 Å². The molecule has 0 amide bonds. The molecule has 0 aliphatic carbocycles. The molecule has 1 fully saturated rings. The summed E-state index contributed by atoms with van der Waals surface area (Å²) in [5.74, 6) is 1.98. The Labute approximate surface area is 127 Å². The van der Waals surface area contributed by atoms with Crippen LogP contribution in [0.2, 0.25) is 0 Å². The van der Waals surface area contributed by atoms with Gasteiger partial charge in [0.1, 0.15) is 5.82 Å². The van der Waals surface area contributed by atoms with E-state index >= 15 is 0 Å². The lowest BCUT2D eigenvalue weighted by Gasteiger charge is -2.16. The molecular weight excluding hydrogens is 262 g/mol. The summed E-state index contributed by atoms with van der Waals surface area (Å²) in [6.07, 6.45) is 5.54. The van der Waals surface area contributed by atoms with Crippen molar-refractivity contribution < 1.29 is 0 Å². The zero-order valence-corrected chi connectivity index (χ0v) is 13.2. The van der Waals surface area contributed by atoms with Gasteiger partial charge in [-0.3, -0.25) is 0 Å². The Morgan fingerprint density at radius 2 is 2.10 bits per heavy atom. The first kappa shape index (κ1) is 15.6. The first-order valence-electron chi connectivity index (χ1n) is 8.05. The van der Waals surface area contributed by atoms with Gasteiger partial charge >= 0.3 is 0 Å². The van der Waals surface area contributed by atoms with Gasteiger partial charge in [0.15, 0.2) is 5.96 Å². The lowest BCUT2D eigenvalue weighted by molar-refractivity contribution is 0.785. The molecule has 2 rings (SSSR count). The summed E-state index contributed by atoms with van der Waals surface area (Å²) in [4.78, 5) is 11.5. The molecule has 1 aliphatic rings. The van der Waals surface area contributed by atoms with Crippen LogP contribution in [0, 0.1) is 0 Å². The molecule has 21 heavy (non-hydrogen) atoms. The van der Waals surface area contributed by atoms with Gasteiger partial charge < -0.3 is 15.5 Å². The van der Waals surface area contributed by atoms with E-state index in [2.05, 4.69) is 45.4 Å². The second-order valence-corrected chi connectivity index (χ2v) is 5.34. The maximum Gasteiger partial charge on any atom is 0.191 e. The molecule has 1 aromatic rings. The van der Waals surface area contributed by atoms with Gasteiger partial charge in [-0.2, -0.15) is 0 Å². The number of hydrogen-bond acceptors (Lipinski definition) is 3. The number of anilines is 1. The summed E-state index contributed by atoms with van der Waals surface area (Å²) in [6.45, 7) is 9.00. The summed E-state index contributed by atoms with van der Waals surface area (Å²) >= 11 is 0. The lowest BCUT2D eigenvalue weighted by Crippen LogP contribution is -2.37. The van der Waals surface area contributed by atoms with Crippen LogP contribution in [0.1, 0.15) is 38.7 Å². The highest BCUT2D eigenvalue weighted by Crippen LogP contribution is 2.18. The molecule has 0 spiro atoms. The van der Waals surface area contributed by atoms with Crippen molar-refractivity contribution in [1.82, 2.24) is 15.6 Å². The molecule has 0 unspecified atom stereocenters. The van der Waals surface area contributed by atoms with Crippen LogP contribution in [0.4, 0.5) is 5.82 Å². The van der Waals surface area contributed by atoms with Gasteiger partial charge in [-0.1, -0.05) is 6.92 Å². The van der Waals surface area contributed by atoms with E-state index in [0.717, 1.165) is 44.4 Å². The van der Waals surface area contributed by atoms with Crippen LogP contribution >= 0.6 is 0 Å². The minimum Gasteiger partial charge on any atom is -0.357 e. The van der Waals surface area contributed by atoms with Crippen molar-refractivity contribution in [3.63, 3.8) is 0 Å². The molecule has 2 heterocycles. The zero-order chi connectivity index (χ0) is 14.9. The average molecular weight is 289 g/mol. The standard InChI is InChI=1S/C16H27N5/c1-3-8-19-16(17-4-2)20-13-14-7-9-18-15(12-14)21-10-5-6-11-21/h7,9,12H,3-6,8,10-11,13H2,1-2H3,(H2,17,19,20). The van der Waals surface area contributed by atoms with Crippen LogP contribution in [0.25, 0.3) is 0 Å². The molecule has 2 N–H and O–H groups in total. The van der Waals surface area contributed by atoms with E-state index in [4.69, 9.17) is 0 Å². The molecule has 0 radical (unpaired) electrons. The number of rotatable bonds is 6. The maximum atomic E-state index is 4.64. The minimum absolute atomic E-state index is 0.683. The van der Waals surface area contributed by atoms with Gasteiger partial charge in [0, 0.05) is 32.4 Å². The fourth-order valence-corrected chi connectivity index (χ4v) is 2.43. The first-order valence-corrected chi connectivity index (χ1v) is 8.05. The molecule has 1 aliphatic heterocycles. The summed E-state index contributed by atoms with van der Waals surface area (Å²) in [7, 11) is 0. The van der Waals surface area contributed by atoms with Crippen molar-refractivity contribution in [2.45, 2.75) is 39.7 Å². The Morgan fingerprint density at radius 3 is 2.81 bits per heavy atom. The molecule has 5 nitrogen and oxygen atoms in total. The summed E-state index contributed by atoms with van der Waals surface area (Å²) < 4.78 is 0. The Kier molecular flexibility index (Phi) is 6.31. The van der Waals surface area contributed by atoms with Crippen LogP contribution in [-0.2, 0) is 6.54 Å². The number of nitrogens with zero attached hydrogens (tertiary/aromatic N) is 3. The van der Waals surface area contributed by atoms with Gasteiger partial charge in [-0.15, -0.1) is 0 Å². The van der Waals surface area contributed by atoms with Gasteiger partial charge in [-0.05, 0) is 43.9 Å². The van der Waals surface area contributed by atoms with Crippen molar-refractivity contribution in [3.8, 4) is 0 Å². The van der Waals surface area contributed by atoms with Crippen molar-refractivity contribution in [2.24, 2.45) is 4.99 Å². The van der Waals surface area contributed by atoms with Crippen molar-refractivity contribution in [1.29, 1.82) is 0 Å². The van der Waals surface area contributed by atoms with E-state index in [0.29, 0.717) is 6.54 Å².